The van der Waals surface area contributed by atoms with Crippen molar-refractivity contribution in [2.24, 2.45) is 23.2 Å². The lowest BCUT2D eigenvalue weighted by atomic mass is 9.45. The highest BCUT2D eigenvalue weighted by Gasteiger charge is 2.56. The minimum absolute atomic E-state index is 0.131. The number of ether oxygens (including phenoxy) is 1. The van der Waals surface area contributed by atoms with Crippen molar-refractivity contribution < 1.29 is 9.53 Å². The number of carbonyl (C=O) groups excluding carboxylic acids is 1. The second-order valence-corrected chi connectivity index (χ2v) is 10.2. The number of nitrogens with one attached hydrogen (secondary N) is 1. The zero-order chi connectivity index (χ0) is 21.8. The molecule has 1 saturated heterocycles. The van der Waals surface area contributed by atoms with Gasteiger partial charge >= 0.3 is 11.7 Å². The van der Waals surface area contributed by atoms with Gasteiger partial charge in [-0.2, -0.15) is 0 Å². The van der Waals surface area contributed by atoms with Gasteiger partial charge in [0.2, 0.25) is 0 Å². The van der Waals surface area contributed by atoms with E-state index in [-0.39, 0.29) is 17.8 Å². The summed E-state index contributed by atoms with van der Waals surface area (Å²) in [4.78, 5) is 28.9. The van der Waals surface area contributed by atoms with Crippen LogP contribution in [-0.4, -0.2) is 59.0 Å². The fourth-order valence-electron chi connectivity index (χ4n) is 6.25. The van der Waals surface area contributed by atoms with Gasteiger partial charge in [-0.05, 0) is 48.1 Å². The van der Waals surface area contributed by atoms with E-state index in [0.29, 0.717) is 35.2 Å². The van der Waals surface area contributed by atoms with Crippen LogP contribution < -0.4 is 11.0 Å². The number of morpholine rings is 1. The van der Waals surface area contributed by atoms with Crippen molar-refractivity contribution in [1.29, 1.82) is 0 Å². The highest BCUT2D eigenvalue weighted by Crippen LogP contribution is 2.61. The van der Waals surface area contributed by atoms with Gasteiger partial charge in [-0.3, -0.25) is 9.47 Å². The Morgan fingerprint density at radius 3 is 2.52 bits per heavy atom. The molecule has 168 valence electrons. The van der Waals surface area contributed by atoms with Crippen LogP contribution in [0.4, 0.5) is 4.79 Å². The quantitative estimate of drug-likeness (QED) is 0.816. The van der Waals surface area contributed by atoms with E-state index in [4.69, 9.17) is 4.74 Å². The number of benzene rings is 1. The van der Waals surface area contributed by atoms with Gasteiger partial charge in [0.05, 0.1) is 24.2 Å². The van der Waals surface area contributed by atoms with Crippen molar-refractivity contribution in [3.05, 3.63) is 34.7 Å². The molecule has 6 rings (SSSR count). The van der Waals surface area contributed by atoms with Gasteiger partial charge in [0, 0.05) is 32.2 Å². The third-order valence-corrected chi connectivity index (χ3v) is 8.45. The van der Waals surface area contributed by atoms with Crippen LogP contribution in [0.5, 0.6) is 0 Å². The molecule has 4 atom stereocenters. The molecule has 1 amide bonds. The van der Waals surface area contributed by atoms with Crippen LogP contribution in [0, 0.1) is 23.2 Å². The summed E-state index contributed by atoms with van der Waals surface area (Å²) in [5.41, 5.74) is 1.62. The predicted octanol–water partition coefficient (Wildman–Crippen LogP) is 2.76. The Labute approximate surface area is 183 Å². The first-order chi connectivity index (χ1) is 14.9. The fraction of sp³-hybridized carbons (Fsp3) is 0.667. The molecule has 3 saturated carbocycles. The maximum Gasteiger partial charge on any atom is 0.337 e. The Morgan fingerprint density at radius 2 is 1.84 bits per heavy atom. The molecule has 4 fully saturated rings. The minimum Gasteiger partial charge on any atom is -0.379 e. The van der Waals surface area contributed by atoms with E-state index in [1.807, 2.05) is 24.3 Å². The highest BCUT2D eigenvalue weighted by atomic mass is 16.5. The van der Waals surface area contributed by atoms with Crippen LogP contribution in [0.1, 0.15) is 33.6 Å². The second kappa shape index (κ2) is 7.78. The molecular weight excluding hydrogens is 392 g/mol. The van der Waals surface area contributed by atoms with Crippen molar-refractivity contribution in [2.75, 3.05) is 32.8 Å². The summed E-state index contributed by atoms with van der Waals surface area (Å²) < 4.78 is 8.50. The summed E-state index contributed by atoms with van der Waals surface area (Å²) in [7, 11) is 0. The smallest absolute Gasteiger partial charge is 0.337 e. The lowest BCUT2D eigenvalue weighted by Gasteiger charge is -2.62. The Morgan fingerprint density at radius 1 is 1.13 bits per heavy atom. The molecule has 4 aliphatic rings. The van der Waals surface area contributed by atoms with Crippen molar-refractivity contribution in [3.8, 4) is 0 Å². The van der Waals surface area contributed by atoms with E-state index in [1.54, 1.807) is 4.57 Å². The third kappa shape index (κ3) is 3.42. The van der Waals surface area contributed by atoms with Crippen LogP contribution in [0.25, 0.3) is 11.0 Å². The number of imidazole rings is 1. The third-order valence-electron chi connectivity index (χ3n) is 8.45. The van der Waals surface area contributed by atoms with E-state index in [2.05, 4.69) is 31.0 Å². The van der Waals surface area contributed by atoms with Crippen molar-refractivity contribution in [3.63, 3.8) is 0 Å². The van der Waals surface area contributed by atoms with Crippen LogP contribution in [0.3, 0.4) is 0 Å². The standard InChI is InChI=1S/C24H34N4O3/c1-16-18-14-17(24(18,2)3)15-19(16)25-22(29)28-21-7-5-4-6-20(21)27(23(28)30)9-8-26-10-12-31-13-11-26/h4-7,16-19H,8-15H2,1-3H3,(H,25,29)/t16-,17-,18-,19-/m0/s1. The minimum atomic E-state index is -0.290. The molecule has 1 aromatic heterocycles. The number of para-hydroxylation sites is 2. The molecule has 3 aliphatic carbocycles. The van der Waals surface area contributed by atoms with Gasteiger partial charge in [0.15, 0.2) is 0 Å². The maximum atomic E-state index is 13.3. The summed E-state index contributed by atoms with van der Waals surface area (Å²) >= 11 is 0. The van der Waals surface area contributed by atoms with Crippen molar-refractivity contribution in [2.45, 2.75) is 46.2 Å². The lowest BCUT2D eigenvalue weighted by molar-refractivity contribution is -0.112. The van der Waals surface area contributed by atoms with E-state index in [1.165, 1.54) is 11.0 Å². The SMILES string of the molecule is C[C@@H]1[C@@H](NC(=O)n2c(=O)n(CCN3CCOCC3)c3ccccc32)C[C@@H]2C[C@@H]1C2(C)C. The van der Waals surface area contributed by atoms with E-state index >= 15 is 0 Å². The van der Waals surface area contributed by atoms with Crippen molar-refractivity contribution >= 4 is 17.1 Å². The molecule has 31 heavy (non-hydrogen) atoms. The summed E-state index contributed by atoms with van der Waals surface area (Å²) in [6, 6.07) is 7.45. The summed E-state index contributed by atoms with van der Waals surface area (Å²) in [5, 5.41) is 3.22. The van der Waals surface area contributed by atoms with Gasteiger partial charge in [0.25, 0.3) is 0 Å². The summed E-state index contributed by atoms with van der Waals surface area (Å²) in [6.07, 6.45) is 2.27. The van der Waals surface area contributed by atoms with Gasteiger partial charge in [-0.15, -0.1) is 0 Å². The van der Waals surface area contributed by atoms with E-state index < -0.39 is 0 Å². The average molecular weight is 427 g/mol. The molecule has 0 radical (unpaired) electrons. The highest BCUT2D eigenvalue weighted by molar-refractivity contribution is 5.89. The molecule has 0 unspecified atom stereocenters. The van der Waals surface area contributed by atoms with Crippen molar-refractivity contribution in [1.82, 2.24) is 19.4 Å². The summed E-state index contributed by atoms with van der Waals surface area (Å²) in [5.74, 6) is 1.73. The van der Waals surface area contributed by atoms with Crippen LogP contribution in [-0.2, 0) is 11.3 Å². The van der Waals surface area contributed by atoms with E-state index in [0.717, 1.165) is 44.8 Å². The number of carbonyl (C=O) groups is 1. The molecule has 7 heteroatoms. The van der Waals surface area contributed by atoms with Crippen LogP contribution in [0.15, 0.2) is 29.1 Å². The summed E-state index contributed by atoms with van der Waals surface area (Å²) in [6.45, 7) is 11.5. The molecule has 1 N–H and O–H groups in total. The zero-order valence-corrected chi connectivity index (χ0v) is 18.8. The molecule has 2 aromatic rings. The first-order valence-electron chi connectivity index (χ1n) is 11.7. The number of fused-ring (bicyclic) bond motifs is 3. The van der Waals surface area contributed by atoms with Gasteiger partial charge in [-0.1, -0.05) is 32.9 Å². The number of hydrogen-bond acceptors (Lipinski definition) is 4. The normalized spacial score (nSPS) is 30.2. The van der Waals surface area contributed by atoms with Gasteiger partial charge in [0.1, 0.15) is 0 Å². The Bertz CT molecular complexity index is 1030. The Kier molecular flexibility index (Phi) is 5.21. The van der Waals surface area contributed by atoms with Crippen LogP contribution in [0.2, 0.25) is 0 Å². The Balaban J connectivity index is 1.37. The zero-order valence-electron chi connectivity index (χ0n) is 18.8. The first-order valence-corrected chi connectivity index (χ1v) is 11.7. The second-order valence-electron chi connectivity index (χ2n) is 10.2. The average Bonchev–Trinajstić information content (AvgIpc) is 3.05. The fourth-order valence-corrected chi connectivity index (χ4v) is 6.25. The maximum absolute atomic E-state index is 13.3. The first kappa shape index (κ1) is 20.8. The Hall–Kier alpha value is -2.12. The number of hydrogen-bond donors (Lipinski definition) is 1. The van der Waals surface area contributed by atoms with Gasteiger partial charge < -0.3 is 10.1 Å². The molecule has 0 spiro atoms. The molecule has 7 nitrogen and oxygen atoms in total. The van der Waals surface area contributed by atoms with E-state index in [9.17, 15) is 9.59 Å². The topological polar surface area (TPSA) is 68.5 Å². The largest absolute Gasteiger partial charge is 0.379 e. The lowest BCUT2D eigenvalue weighted by Crippen LogP contribution is -2.61. The number of aromatic nitrogens is 2. The number of rotatable bonds is 4. The number of amides is 1. The molecular formula is C24H34N4O3. The molecule has 1 aliphatic heterocycles. The molecule has 1 aromatic carbocycles. The van der Waals surface area contributed by atoms with Gasteiger partial charge in [-0.25, -0.2) is 14.2 Å². The number of nitrogens with zero attached hydrogens (tertiary/aromatic N) is 3. The van der Waals surface area contributed by atoms with Crippen LogP contribution >= 0.6 is 0 Å². The monoisotopic (exact) mass is 426 g/mol. The predicted molar refractivity (Wildman–Crippen MR) is 120 cm³/mol. The molecule has 2 heterocycles. The molecule has 2 bridgehead atoms.